The number of rotatable bonds is 6. The number of nitrogens with zero attached hydrogens (tertiary/aromatic N) is 5. The highest BCUT2D eigenvalue weighted by molar-refractivity contribution is 5.83. The highest BCUT2D eigenvalue weighted by Crippen LogP contribution is 2.33. The summed E-state index contributed by atoms with van der Waals surface area (Å²) in [6, 6.07) is 6.49. The summed E-state index contributed by atoms with van der Waals surface area (Å²) in [5.41, 5.74) is 1.03. The van der Waals surface area contributed by atoms with Crippen molar-refractivity contribution in [2.45, 2.75) is 0 Å². The summed E-state index contributed by atoms with van der Waals surface area (Å²) in [7, 11) is 3.61. The molecule has 30 heavy (non-hydrogen) atoms. The summed E-state index contributed by atoms with van der Waals surface area (Å²) >= 11 is 0. The van der Waals surface area contributed by atoms with E-state index in [-0.39, 0.29) is 17.2 Å². The van der Waals surface area contributed by atoms with Crippen molar-refractivity contribution in [3.8, 4) is 11.4 Å². The molecule has 2 aromatic rings. The van der Waals surface area contributed by atoms with Crippen molar-refractivity contribution in [1.29, 1.82) is 0 Å². The average molecular weight is 414 g/mol. The van der Waals surface area contributed by atoms with Crippen molar-refractivity contribution in [2.75, 3.05) is 50.6 Å². The van der Waals surface area contributed by atoms with Crippen LogP contribution in [0.25, 0.3) is 17.5 Å². The van der Waals surface area contributed by atoms with E-state index in [1.54, 1.807) is 41.4 Å². The Morgan fingerprint density at radius 1 is 1.27 bits per heavy atom. The first kappa shape index (κ1) is 21.0. The molecule has 1 amide bonds. The van der Waals surface area contributed by atoms with Crippen LogP contribution in [0.5, 0.6) is 0 Å². The molecule has 2 N–H and O–H groups in total. The second-order valence-corrected chi connectivity index (χ2v) is 6.75. The van der Waals surface area contributed by atoms with E-state index in [2.05, 4.69) is 15.3 Å². The van der Waals surface area contributed by atoms with Gasteiger partial charge in [-0.1, -0.05) is 0 Å². The number of hydrogen-bond donors (Lipinski definition) is 2. The van der Waals surface area contributed by atoms with Gasteiger partial charge in [-0.2, -0.15) is 0 Å². The maximum absolute atomic E-state index is 11.9. The number of carbonyl (C=O) groups is 1. The Hall–Kier alpha value is -3.73. The number of nitrogens with one attached hydrogen (secondary N) is 1. The number of ether oxygens (including phenoxy) is 1. The summed E-state index contributed by atoms with van der Waals surface area (Å²) in [4.78, 5) is 34.7. The summed E-state index contributed by atoms with van der Waals surface area (Å²) in [6.07, 6.45) is 2.09. The highest BCUT2D eigenvalue weighted by atomic mass is 16.6. The van der Waals surface area contributed by atoms with E-state index in [1.807, 2.05) is 19.0 Å². The summed E-state index contributed by atoms with van der Waals surface area (Å²) in [5.74, 6) is 0.543. The van der Waals surface area contributed by atoms with Crippen molar-refractivity contribution in [3.05, 3.63) is 46.3 Å². The molecule has 11 heteroatoms. The van der Waals surface area contributed by atoms with Gasteiger partial charge in [0.25, 0.3) is 0 Å². The first-order valence-corrected chi connectivity index (χ1v) is 9.19. The zero-order chi connectivity index (χ0) is 21.7. The predicted molar refractivity (Wildman–Crippen MR) is 112 cm³/mol. The van der Waals surface area contributed by atoms with Crippen molar-refractivity contribution >= 4 is 29.4 Å². The number of hydrogen-bond acceptors (Lipinski definition) is 8. The van der Waals surface area contributed by atoms with Crippen molar-refractivity contribution in [3.63, 3.8) is 0 Å². The number of carboxylic acid groups (broad SMARTS) is 1. The van der Waals surface area contributed by atoms with E-state index < -0.39 is 11.0 Å². The minimum atomic E-state index is -1.17. The Kier molecular flexibility index (Phi) is 6.42. The van der Waals surface area contributed by atoms with Gasteiger partial charge in [0.1, 0.15) is 5.69 Å². The number of aromatic nitrogens is 2. The Bertz CT molecular complexity index is 955. The molecule has 0 bridgehead atoms. The highest BCUT2D eigenvalue weighted by Gasteiger charge is 2.29. The number of nitro groups is 1. The quantitative estimate of drug-likeness (QED) is 0.540. The van der Waals surface area contributed by atoms with E-state index in [9.17, 15) is 14.9 Å². The van der Waals surface area contributed by atoms with Crippen molar-refractivity contribution in [1.82, 2.24) is 14.9 Å². The third kappa shape index (κ3) is 5.00. The molecule has 0 radical (unpaired) electrons. The minimum Gasteiger partial charge on any atom is -0.465 e. The number of anilines is 2. The van der Waals surface area contributed by atoms with Gasteiger partial charge in [0.05, 0.1) is 18.1 Å². The molecular formula is C19H22N6O5. The fraction of sp³-hybridized carbons (Fsp3) is 0.316. The van der Waals surface area contributed by atoms with Crippen molar-refractivity contribution < 1.29 is 19.6 Å². The number of morpholine rings is 1. The molecule has 2 heterocycles. The summed E-state index contributed by atoms with van der Waals surface area (Å²) < 4.78 is 5.36. The molecule has 3 rings (SSSR count). The van der Waals surface area contributed by atoms with E-state index in [1.165, 1.54) is 0 Å². The SMILES string of the molecule is CN(C)/C=C/c1nc(-c2ccc(NC(=O)O)cc2)nc(N2CCOCC2)c1[N+](=O)[O-]. The zero-order valence-electron chi connectivity index (χ0n) is 16.6. The normalized spacial score (nSPS) is 14.0. The first-order valence-electron chi connectivity index (χ1n) is 9.19. The van der Waals surface area contributed by atoms with E-state index >= 15 is 0 Å². The van der Waals surface area contributed by atoms with Gasteiger partial charge in [0.15, 0.2) is 5.82 Å². The number of benzene rings is 1. The molecule has 1 aromatic carbocycles. The molecule has 1 saturated heterocycles. The second kappa shape index (κ2) is 9.18. The van der Waals surface area contributed by atoms with Gasteiger partial charge in [-0.15, -0.1) is 0 Å². The van der Waals surface area contributed by atoms with Crippen LogP contribution in [0, 0.1) is 10.1 Å². The van der Waals surface area contributed by atoms with Gasteiger partial charge < -0.3 is 19.6 Å². The van der Waals surface area contributed by atoms with Gasteiger partial charge >= 0.3 is 11.8 Å². The van der Waals surface area contributed by atoms with Crippen LogP contribution in [-0.2, 0) is 4.74 Å². The Balaban J connectivity index is 2.11. The van der Waals surface area contributed by atoms with Crippen LogP contribution in [-0.4, -0.2) is 71.4 Å². The van der Waals surface area contributed by atoms with Crippen LogP contribution in [0.15, 0.2) is 30.5 Å². The van der Waals surface area contributed by atoms with Crippen LogP contribution in [0.3, 0.4) is 0 Å². The molecule has 0 aliphatic carbocycles. The van der Waals surface area contributed by atoms with Gasteiger partial charge in [-0.25, -0.2) is 14.8 Å². The van der Waals surface area contributed by atoms with Crippen molar-refractivity contribution in [2.24, 2.45) is 0 Å². The van der Waals surface area contributed by atoms with E-state index in [4.69, 9.17) is 9.84 Å². The van der Waals surface area contributed by atoms with E-state index in [0.717, 1.165) is 0 Å². The lowest BCUT2D eigenvalue weighted by Crippen LogP contribution is -2.37. The number of amides is 1. The Morgan fingerprint density at radius 3 is 2.50 bits per heavy atom. The molecule has 1 aliphatic heterocycles. The minimum absolute atomic E-state index is 0.164. The van der Waals surface area contributed by atoms with Crippen LogP contribution in [0.4, 0.5) is 22.0 Å². The molecular weight excluding hydrogens is 392 g/mol. The van der Waals surface area contributed by atoms with Gasteiger partial charge in [0.2, 0.25) is 5.82 Å². The molecule has 0 unspecified atom stereocenters. The largest absolute Gasteiger partial charge is 0.465 e. The lowest BCUT2D eigenvalue weighted by atomic mass is 10.1. The smallest absolute Gasteiger partial charge is 0.409 e. The summed E-state index contributed by atoms with van der Waals surface area (Å²) in [6.45, 7) is 1.87. The van der Waals surface area contributed by atoms with Gasteiger partial charge in [-0.3, -0.25) is 15.4 Å². The van der Waals surface area contributed by atoms with Crippen LogP contribution in [0.2, 0.25) is 0 Å². The Morgan fingerprint density at radius 2 is 1.93 bits per heavy atom. The lowest BCUT2D eigenvalue weighted by Gasteiger charge is -2.27. The molecule has 11 nitrogen and oxygen atoms in total. The second-order valence-electron chi connectivity index (χ2n) is 6.75. The standard InChI is InChI=1S/C19H22N6O5/c1-23(2)8-7-15-16(25(28)29)18(24-9-11-30-12-10-24)22-17(21-15)13-3-5-14(6-4-13)20-19(26)27/h3-8,20H,9-12H2,1-2H3,(H,26,27)/b8-7+. The van der Waals surface area contributed by atoms with Crippen LogP contribution in [0.1, 0.15) is 5.69 Å². The fourth-order valence-electron chi connectivity index (χ4n) is 2.92. The third-order valence-corrected chi connectivity index (χ3v) is 4.31. The van der Waals surface area contributed by atoms with Gasteiger partial charge in [0, 0.05) is 44.6 Å². The zero-order valence-corrected chi connectivity index (χ0v) is 16.6. The predicted octanol–water partition coefficient (Wildman–Crippen LogP) is 2.51. The molecule has 1 fully saturated rings. The molecule has 0 spiro atoms. The van der Waals surface area contributed by atoms with Crippen LogP contribution < -0.4 is 10.2 Å². The van der Waals surface area contributed by atoms with Crippen LogP contribution >= 0.6 is 0 Å². The third-order valence-electron chi connectivity index (χ3n) is 4.31. The molecule has 0 saturated carbocycles. The fourth-order valence-corrected chi connectivity index (χ4v) is 2.92. The van der Waals surface area contributed by atoms with Gasteiger partial charge in [-0.05, 0) is 30.3 Å². The molecule has 0 atom stereocenters. The Labute approximate surface area is 172 Å². The molecule has 158 valence electrons. The maximum Gasteiger partial charge on any atom is 0.409 e. The lowest BCUT2D eigenvalue weighted by molar-refractivity contribution is -0.384. The maximum atomic E-state index is 11.9. The topological polar surface area (TPSA) is 134 Å². The summed E-state index contributed by atoms with van der Waals surface area (Å²) in [5, 5.41) is 23.0. The molecule has 1 aromatic heterocycles. The average Bonchev–Trinajstić information content (AvgIpc) is 2.72. The molecule has 1 aliphatic rings. The van der Waals surface area contributed by atoms with E-state index in [0.29, 0.717) is 43.4 Å². The first-order chi connectivity index (χ1) is 14.3. The monoisotopic (exact) mass is 414 g/mol.